The summed E-state index contributed by atoms with van der Waals surface area (Å²) in [7, 11) is 0. The van der Waals surface area contributed by atoms with Crippen LogP contribution in [-0.4, -0.2) is 11.6 Å². The van der Waals surface area contributed by atoms with Crippen molar-refractivity contribution < 1.29 is 4.79 Å². The topological polar surface area (TPSA) is 44.7 Å². The van der Waals surface area contributed by atoms with Crippen molar-refractivity contribution in [1.82, 2.24) is 0 Å². The number of nitrogens with one attached hydrogen (secondary N) is 1. The molecule has 1 N–H and O–H groups in total. The molecule has 5 heteroatoms. The second-order valence-electron chi connectivity index (χ2n) is 5.12. The standard InChI is InChI=1S/C16H13N3OS/c1-10-8-16(20)19(18-10)11-6-7-15-13(9-11)17-12-4-2-3-5-14(12)21-15/h2-7,9,17H,8H2,1H3. The van der Waals surface area contributed by atoms with Crippen molar-refractivity contribution in [3.8, 4) is 0 Å². The lowest BCUT2D eigenvalue weighted by Gasteiger charge is -2.22. The Morgan fingerprint density at radius 1 is 1.14 bits per heavy atom. The molecule has 1 amide bonds. The highest BCUT2D eigenvalue weighted by atomic mass is 32.2. The summed E-state index contributed by atoms with van der Waals surface area (Å²) in [6, 6.07) is 14.2. The summed E-state index contributed by atoms with van der Waals surface area (Å²) in [6.07, 6.45) is 0.405. The van der Waals surface area contributed by atoms with Crippen LogP contribution in [0.15, 0.2) is 57.4 Å². The molecule has 21 heavy (non-hydrogen) atoms. The molecule has 2 aliphatic rings. The molecule has 0 aliphatic carbocycles. The maximum atomic E-state index is 11.9. The molecule has 0 bridgehead atoms. The van der Waals surface area contributed by atoms with Crippen molar-refractivity contribution in [2.45, 2.75) is 23.1 Å². The van der Waals surface area contributed by atoms with Gasteiger partial charge >= 0.3 is 0 Å². The number of carbonyl (C=O) groups excluding carboxylic acids is 1. The normalized spacial score (nSPS) is 16.1. The van der Waals surface area contributed by atoms with Gasteiger partial charge in [0.2, 0.25) is 0 Å². The van der Waals surface area contributed by atoms with Gasteiger partial charge in [0.25, 0.3) is 5.91 Å². The quantitative estimate of drug-likeness (QED) is 0.738. The highest BCUT2D eigenvalue weighted by molar-refractivity contribution is 7.99. The Morgan fingerprint density at radius 3 is 2.76 bits per heavy atom. The molecule has 0 saturated carbocycles. The van der Waals surface area contributed by atoms with Gasteiger partial charge in [0.1, 0.15) is 0 Å². The lowest BCUT2D eigenvalue weighted by molar-refractivity contribution is -0.116. The molecule has 0 radical (unpaired) electrons. The molecular formula is C16H13N3OS. The third kappa shape index (κ3) is 2.10. The van der Waals surface area contributed by atoms with Gasteiger partial charge in [-0.2, -0.15) is 5.10 Å². The summed E-state index contributed by atoms with van der Waals surface area (Å²) >= 11 is 1.73. The predicted octanol–water partition coefficient (Wildman–Crippen LogP) is 4.01. The van der Waals surface area contributed by atoms with Crippen molar-refractivity contribution >= 4 is 40.4 Å². The number of carbonyl (C=O) groups is 1. The van der Waals surface area contributed by atoms with Gasteiger partial charge in [-0.05, 0) is 37.3 Å². The Kier molecular flexibility index (Phi) is 2.75. The van der Waals surface area contributed by atoms with Crippen LogP contribution in [0.25, 0.3) is 0 Å². The van der Waals surface area contributed by atoms with Crippen LogP contribution in [0.1, 0.15) is 13.3 Å². The van der Waals surface area contributed by atoms with E-state index in [0.29, 0.717) is 6.42 Å². The monoisotopic (exact) mass is 295 g/mol. The van der Waals surface area contributed by atoms with Crippen molar-refractivity contribution in [1.29, 1.82) is 0 Å². The van der Waals surface area contributed by atoms with E-state index in [9.17, 15) is 4.79 Å². The van der Waals surface area contributed by atoms with Gasteiger partial charge in [-0.15, -0.1) is 0 Å². The second kappa shape index (κ2) is 4.63. The summed E-state index contributed by atoms with van der Waals surface area (Å²) in [4.78, 5) is 14.3. The Balaban J connectivity index is 1.72. The molecule has 0 saturated heterocycles. The maximum Gasteiger partial charge on any atom is 0.253 e. The van der Waals surface area contributed by atoms with Crippen molar-refractivity contribution in [3.05, 3.63) is 42.5 Å². The molecule has 0 aromatic heterocycles. The van der Waals surface area contributed by atoms with Gasteiger partial charge in [-0.25, -0.2) is 5.01 Å². The fourth-order valence-electron chi connectivity index (χ4n) is 2.52. The minimum atomic E-state index is 0.0244. The van der Waals surface area contributed by atoms with E-state index in [0.717, 1.165) is 27.7 Å². The van der Waals surface area contributed by atoms with E-state index in [4.69, 9.17) is 0 Å². The van der Waals surface area contributed by atoms with Crippen LogP contribution < -0.4 is 10.3 Å². The van der Waals surface area contributed by atoms with E-state index in [1.807, 2.05) is 37.3 Å². The molecule has 0 fully saturated rings. The zero-order valence-electron chi connectivity index (χ0n) is 11.5. The first-order valence-corrected chi connectivity index (χ1v) is 7.57. The number of benzene rings is 2. The number of fused-ring (bicyclic) bond motifs is 2. The number of para-hydroxylation sites is 1. The minimum absolute atomic E-state index is 0.0244. The number of hydrogen-bond acceptors (Lipinski definition) is 4. The lowest BCUT2D eigenvalue weighted by atomic mass is 10.2. The number of amides is 1. The molecular weight excluding hydrogens is 282 g/mol. The number of hydrazone groups is 1. The summed E-state index contributed by atoms with van der Waals surface area (Å²) in [5, 5.41) is 9.21. The third-order valence-electron chi connectivity index (χ3n) is 3.50. The maximum absolute atomic E-state index is 11.9. The summed E-state index contributed by atoms with van der Waals surface area (Å²) < 4.78 is 0. The van der Waals surface area contributed by atoms with Gasteiger partial charge in [0.15, 0.2) is 0 Å². The summed E-state index contributed by atoms with van der Waals surface area (Å²) in [6.45, 7) is 1.88. The van der Waals surface area contributed by atoms with E-state index in [1.165, 1.54) is 9.90 Å². The highest BCUT2D eigenvalue weighted by Gasteiger charge is 2.24. The van der Waals surface area contributed by atoms with E-state index in [1.54, 1.807) is 11.8 Å². The van der Waals surface area contributed by atoms with Crippen LogP contribution in [0.2, 0.25) is 0 Å². The number of anilines is 3. The average molecular weight is 295 g/mol. The third-order valence-corrected chi connectivity index (χ3v) is 4.65. The van der Waals surface area contributed by atoms with Crippen LogP contribution in [0.5, 0.6) is 0 Å². The van der Waals surface area contributed by atoms with Crippen molar-refractivity contribution in [2.24, 2.45) is 5.10 Å². The van der Waals surface area contributed by atoms with Gasteiger partial charge in [0, 0.05) is 15.5 Å². The number of nitrogens with zero attached hydrogens (tertiary/aromatic N) is 2. The van der Waals surface area contributed by atoms with Gasteiger partial charge < -0.3 is 5.32 Å². The Bertz CT molecular complexity index is 785. The van der Waals surface area contributed by atoms with E-state index >= 15 is 0 Å². The molecule has 4 nitrogen and oxygen atoms in total. The molecule has 4 rings (SSSR count). The SMILES string of the molecule is CC1=NN(c2ccc3c(c2)Nc2ccccc2S3)C(=O)C1. The minimum Gasteiger partial charge on any atom is -0.354 e. The fourth-order valence-corrected chi connectivity index (χ4v) is 3.48. The van der Waals surface area contributed by atoms with Crippen LogP contribution >= 0.6 is 11.8 Å². The smallest absolute Gasteiger partial charge is 0.253 e. The summed E-state index contributed by atoms with van der Waals surface area (Å²) in [5.41, 5.74) is 3.77. The predicted molar refractivity (Wildman–Crippen MR) is 85.5 cm³/mol. The molecule has 0 spiro atoms. The fraction of sp³-hybridized carbons (Fsp3) is 0.125. The molecule has 0 unspecified atom stereocenters. The highest BCUT2D eigenvalue weighted by Crippen LogP contribution is 2.45. The Hall–Kier alpha value is -2.27. The number of rotatable bonds is 1. The molecule has 2 aromatic carbocycles. The zero-order valence-corrected chi connectivity index (χ0v) is 12.3. The molecule has 2 aliphatic heterocycles. The molecule has 0 atom stereocenters. The van der Waals surface area contributed by atoms with Crippen LogP contribution in [0.3, 0.4) is 0 Å². The first-order chi connectivity index (χ1) is 10.2. The largest absolute Gasteiger partial charge is 0.354 e. The molecule has 104 valence electrons. The van der Waals surface area contributed by atoms with E-state index in [-0.39, 0.29) is 5.91 Å². The molecule has 2 heterocycles. The second-order valence-corrected chi connectivity index (χ2v) is 6.21. The Morgan fingerprint density at radius 2 is 1.95 bits per heavy atom. The van der Waals surface area contributed by atoms with Gasteiger partial charge in [-0.1, -0.05) is 23.9 Å². The van der Waals surface area contributed by atoms with Gasteiger partial charge in [-0.3, -0.25) is 4.79 Å². The van der Waals surface area contributed by atoms with Gasteiger partial charge in [0.05, 0.1) is 23.5 Å². The van der Waals surface area contributed by atoms with E-state index in [2.05, 4.69) is 22.6 Å². The van der Waals surface area contributed by atoms with Crippen LogP contribution in [0, 0.1) is 0 Å². The first-order valence-electron chi connectivity index (χ1n) is 6.76. The first kappa shape index (κ1) is 12.5. The van der Waals surface area contributed by atoms with Crippen LogP contribution in [0.4, 0.5) is 17.1 Å². The lowest BCUT2D eigenvalue weighted by Crippen LogP contribution is -2.19. The van der Waals surface area contributed by atoms with E-state index < -0.39 is 0 Å². The molecule has 2 aromatic rings. The zero-order chi connectivity index (χ0) is 14.4. The van der Waals surface area contributed by atoms with Crippen molar-refractivity contribution in [3.63, 3.8) is 0 Å². The average Bonchev–Trinajstić information content (AvgIpc) is 2.83. The van der Waals surface area contributed by atoms with Crippen molar-refractivity contribution in [2.75, 3.05) is 10.3 Å². The van der Waals surface area contributed by atoms with Crippen LogP contribution in [-0.2, 0) is 4.79 Å². The summed E-state index contributed by atoms with van der Waals surface area (Å²) in [5.74, 6) is 0.0244. The number of hydrogen-bond donors (Lipinski definition) is 1. The Labute approximate surface area is 126 Å².